The summed E-state index contributed by atoms with van der Waals surface area (Å²) in [5.41, 5.74) is 2.82. The molecule has 7 heteroatoms. The van der Waals surface area contributed by atoms with Crippen molar-refractivity contribution in [3.8, 4) is 5.69 Å². The van der Waals surface area contributed by atoms with Crippen molar-refractivity contribution in [2.75, 3.05) is 11.9 Å². The number of benzene rings is 1. The Bertz CT molecular complexity index is 881. The highest BCUT2D eigenvalue weighted by Gasteiger charge is 2.45. The lowest BCUT2D eigenvalue weighted by Gasteiger charge is -2.17. The second kappa shape index (κ2) is 6.40. The monoisotopic (exact) mass is 354 g/mol. The highest BCUT2D eigenvalue weighted by atomic mass is 16.2. The maximum Gasteiger partial charge on any atom is 0.244 e. The van der Waals surface area contributed by atoms with Gasteiger partial charge in [0.1, 0.15) is 6.54 Å². The second-order valence-corrected chi connectivity index (χ2v) is 7.23. The van der Waals surface area contributed by atoms with Crippen LogP contribution in [0.4, 0.5) is 5.69 Å². The van der Waals surface area contributed by atoms with Crippen LogP contribution in [-0.2, 0) is 14.4 Å². The maximum atomic E-state index is 12.2. The van der Waals surface area contributed by atoms with Gasteiger partial charge in [-0.25, -0.2) is 4.98 Å². The van der Waals surface area contributed by atoms with Crippen molar-refractivity contribution in [3.05, 3.63) is 42.0 Å². The highest BCUT2D eigenvalue weighted by Crippen LogP contribution is 2.31. The third-order valence-corrected chi connectivity index (χ3v) is 4.70. The molecule has 0 unspecified atom stereocenters. The van der Waals surface area contributed by atoms with Crippen LogP contribution in [0.1, 0.15) is 31.7 Å². The number of carbonyl (C=O) groups excluding carboxylic acids is 3. The van der Waals surface area contributed by atoms with E-state index in [-0.39, 0.29) is 24.8 Å². The summed E-state index contributed by atoms with van der Waals surface area (Å²) in [7, 11) is 0. The lowest BCUT2D eigenvalue weighted by atomic mass is 9.92. The second-order valence-electron chi connectivity index (χ2n) is 7.23. The van der Waals surface area contributed by atoms with E-state index in [1.165, 1.54) is 0 Å². The van der Waals surface area contributed by atoms with Crippen LogP contribution in [-0.4, -0.2) is 38.7 Å². The average Bonchev–Trinajstić information content (AvgIpc) is 3.00. The molecule has 2 heterocycles. The average molecular weight is 354 g/mol. The molecule has 1 aliphatic heterocycles. The number of hydrogen-bond acceptors (Lipinski definition) is 4. The van der Waals surface area contributed by atoms with Crippen LogP contribution < -0.4 is 5.32 Å². The Kier molecular flexibility index (Phi) is 4.39. The number of nitrogens with zero attached hydrogens (tertiary/aromatic N) is 3. The fourth-order valence-electron chi connectivity index (χ4n) is 3.00. The molecule has 1 aromatic carbocycles. The van der Waals surface area contributed by atoms with Gasteiger partial charge < -0.3 is 9.88 Å². The van der Waals surface area contributed by atoms with Gasteiger partial charge in [0.25, 0.3) is 0 Å². The molecule has 0 radical (unpaired) electrons. The van der Waals surface area contributed by atoms with Crippen molar-refractivity contribution in [2.45, 2.75) is 34.1 Å². The van der Waals surface area contributed by atoms with Crippen LogP contribution in [0.25, 0.3) is 5.69 Å². The van der Waals surface area contributed by atoms with Crippen molar-refractivity contribution >= 4 is 23.4 Å². The van der Waals surface area contributed by atoms with Gasteiger partial charge in [0.15, 0.2) is 0 Å². The summed E-state index contributed by atoms with van der Waals surface area (Å²) in [6.07, 6.45) is 1.89. The molecule has 0 bridgehead atoms. The number of imidazole rings is 1. The Morgan fingerprint density at radius 3 is 2.35 bits per heavy atom. The molecule has 1 aromatic heterocycles. The van der Waals surface area contributed by atoms with E-state index < -0.39 is 11.3 Å². The number of nitrogens with one attached hydrogen (secondary N) is 1. The van der Waals surface area contributed by atoms with E-state index in [2.05, 4.69) is 10.3 Å². The van der Waals surface area contributed by atoms with Gasteiger partial charge in [-0.3, -0.25) is 19.3 Å². The van der Waals surface area contributed by atoms with Gasteiger partial charge in [-0.2, -0.15) is 0 Å². The molecule has 2 aromatic rings. The molecule has 3 rings (SSSR count). The van der Waals surface area contributed by atoms with Gasteiger partial charge in [0, 0.05) is 23.5 Å². The zero-order chi connectivity index (χ0) is 19.1. The van der Waals surface area contributed by atoms with E-state index in [1.54, 1.807) is 32.3 Å². The molecule has 0 aliphatic carbocycles. The van der Waals surface area contributed by atoms with Gasteiger partial charge in [-0.1, -0.05) is 13.8 Å². The Hall–Kier alpha value is -2.96. The Morgan fingerprint density at radius 1 is 1.19 bits per heavy atom. The zero-order valence-electron chi connectivity index (χ0n) is 15.4. The molecule has 0 atom stereocenters. The van der Waals surface area contributed by atoms with Gasteiger partial charge in [-0.15, -0.1) is 0 Å². The maximum absolute atomic E-state index is 12.2. The number of aromatic nitrogens is 2. The minimum atomic E-state index is -0.736. The minimum Gasteiger partial charge on any atom is -0.325 e. The lowest BCUT2D eigenvalue weighted by molar-refractivity contribution is -0.143. The fourth-order valence-corrected chi connectivity index (χ4v) is 3.00. The summed E-state index contributed by atoms with van der Waals surface area (Å²) >= 11 is 0. The normalized spacial score (nSPS) is 16.2. The van der Waals surface area contributed by atoms with Gasteiger partial charge >= 0.3 is 0 Å². The summed E-state index contributed by atoms with van der Waals surface area (Å²) in [6.45, 7) is 7.10. The first kappa shape index (κ1) is 17.8. The molecule has 3 amide bonds. The molecule has 0 spiro atoms. The predicted octanol–water partition coefficient (Wildman–Crippen LogP) is 2.21. The number of imide groups is 1. The molecule has 1 saturated heterocycles. The van der Waals surface area contributed by atoms with Gasteiger partial charge in [0.2, 0.25) is 17.7 Å². The Morgan fingerprint density at radius 2 is 1.85 bits per heavy atom. The summed E-state index contributed by atoms with van der Waals surface area (Å²) in [4.78, 5) is 41.6. The number of carbonyl (C=O) groups is 3. The molecular formula is C19H22N4O3. The summed E-state index contributed by atoms with van der Waals surface area (Å²) in [6, 6.07) is 7.30. The Balaban J connectivity index is 1.66. The van der Waals surface area contributed by atoms with E-state index in [9.17, 15) is 14.4 Å². The van der Waals surface area contributed by atoms with Crippen LogP contribution in [0.15, 0.2) is 30.6 Å². The van der Waals surface area contributed by atoms with Gasteiger partial charge in [0.05, 0.1) is 17.4 Å². The lowest BCUT2D eigenvalue weighted by Crippen LogP contribution is -2.39. The Labute approximate surface area is 152 Å². The number of hydrogen-bond donors (Lipinski definition) is 1. The van der Waals surface area contributed by atoms with E-state index >= 15 is 0 Å². The third-order valence-electron chi connectivity index (χ3n) is 4.70. The molecule has 1 N–H and O–H groups in total. The standard InChI is InChI=1S/C19H22N4O3/c1-12-13(2)23(11-20-12)15-7-5-14(6-8-15)21-16(24)10-22-17(25)9-19(3,4)18(22)26/h5-8,11H,9-10H2,1-4H3,(H,21,24). The smallest absolute Gasteiger partial charge is 0.244 e. The van der Waals surface area contributed by atoms with Crippen molar-refractivity contribution < 1.29 is 14.4 Å². The quantitative estimate of drug-likeness (QED) is 0.853. The van der Waals surface area contributed by atoms with Crippen molar-refractivity contribution in [3.63, 3.8) is 0 Å². The molecule has 1 aliphatic rings. The summed E-state index contributed by atoms with van der Waals surface area (Å²) in [5.74, 6) is -1.01. The molecule has 1 fully saturated rings. The predicted molar refractivity (Wildman–Crippen MR) is 96.8 cm³/mol. The number of rotatable bonds is 4. The van der Waals surface area contributed by atoms with Crippen molar-refractivity contribution in [1.82, 2.24) is 14.5 Å². The van der Waals surface area contributed by atoms with E-state index in [0.29, 0.717) is 5.69 Å². The van der Waals surface area contributed by atoms with Crippen LogP contribution >= 0.6 is 0 Å². The minimum absolute atomic E-state index is 0.136. The van der Waals surface area contributed by atoms with E-state index in [0.717, 1.165) is 22.0 Å². The summed E-state index contributed by atoms with van der Waals surface area (Å²) < 4.78 is 1.96. The van der Waals surface area contributed by atoms with Crippen LogP contribution in [0.5, 0.6) is 0 Å². The molecule has 136 valence electrons. The molecule has 7 nitrogen and oxygen atoms in total. The van der Waals surface area contributed by atoms with Gasteiger partial charge in [-0.05, 0) is 38.1 Å². The largest absolute Gasteiger partial charge is 0.325 e. The van der Waals surface area contributed by atoms with Crippen LogP contribution in [0.3, 0.4) is 0 Å². The van der Waals surface area contributed by atoms with Crippen molar-refractivity contribution in [1.29, 1.82) is 0 Å². The zero-order valence-corrected chi connectivity index (χ0v) is 15.4. The molecular weight excluding hydrogens is 332 g/mol. The summed E-state index contributed by atoms with van der Waals surface area (Å²) in [5, 5.41) is 2.73. The highest BCUT2D eigenvalue weighted by molar-refractivity contribution is 6.08. The molecule has 0 saturated carbocycles. The topological polar surface area (TPSA) is 84.3 Å². The number of aryl methyl sites for hydroxylation is 1. The van der Waals surface area contributed by atoms with Crippen LogP contribution in [0.2, 0.25) is 0 Å². The van der Waals surface area contributed by atoms with Crippen LogP contribution in [0, 0.1) is 19.3 Å². The fraction of sp³-hybridized carbons (Fsp3) is 0.368. The first-order valence-corrected chi connectivity index (χ1v) is 8.45. The van der Waals surface area contributed by atoms with E-state index in [4.69, 9.17) is 0 Å². The SMILES string of the molecule is Cc1ncn(-c2ccc(NC(=O)CN3C(=O)CC(C)(C)C3=O)cc2)c1C. The first-order valence-electron chi connectivity index (χ1n) is 8.45. The third kappa shape index (κ3) is 3.24. The number of anilines is 1. The van der Waals surface area contributed by atoms with E-state index in [1.807, 2.05) is 30.5 Å². The number of likely N-dealkylation sites (tertiary alicyclic amines) is 1. The van der Waals surface area contributed by atoms with Crippen molar-refractivity contribution in [2.24, 2.45) is 5.41 Å². The molecule has 26 heavy (non-hydrogen) atoms. The number of amides is 3. The first-order chi connectivity index (χ1) is 12.2.